The van der Waals surface area contributed by atoms with Crippen LogP contribution in [0.4, 0.5) is 0 Å². The summed E-state index contributed by atoms with van der Waals surface area (Å²) < 4.78 is 1.67. The molecule has 0 radical (unpaired) electrons. The van der Waals surface area contributed by atoms with Gasteiger partial charge in [-0.25, -0.2) is 0 Å². The molecule has 0 aliphatic heterocycles. The van der Waals surface area contributed by atoms with E-state index in [1.54, 1.807) is 17.1 Å². The first-order valence-corrected chi connectivity index (χ1v) is 7.73. The largest absolute Gasteiger partial charge is 0.345 e. The molecule has 5 nitrogen and oxygen atoms in total. The number of hydrogen-bond donors (Lipinski definition) is 1. The number of alkyl halides is 1. The highest BCUT2D eigenvalue weighted by Gasteiger charge is 2.14. The van der Waals surface area contributed by atoms with E-state index in [0.29, 0.717) is 18.0 Å². The number of aryl methyl sites for hydroxylation is 1. The Morgan fingerprint density at radius 1 is 1.48 bits per heavy atom. The van der Waals surface area contributed by atoms with Crippen molar-refractivity contribution < 1.29 is 4.79 Å². The Morgan fingerprint density at radius 3 is 2.87 bits per heavy atom. The summed E-state index contributed by atoms with van der Waals surface area (Å²) in [6, 6.07) is 11.3. The Balaban J connectivity index is 2.09. The average Bonchev–Trinajstić information content (AvgIpc) is 3.01. The number of aromatic nitrogens is 2. The molecule has 1 unspecified atom stereocenters. The van der Waals surface area contributed by atoms with Crippen LogP contribution in [0.3, 0.4) is 0 Å². The lowest BCUT2D eigenvalue weighted by Gasteiger charge is -2.13. The number of nitriles is 1. The smallest absolute Gasteiger partial charge is 0.262 e. The molecule has 1 heterocycles. The van der Waals surface area contributed by atoms with Gasteiger partial charge in [-0.2, -0.15) is 10.4 Å². The number of benzene rings is 1. The molecule has 23 heavy (non-hydrogen) atoms. The molecule has 118 valence electrons. The van der Waals surface area contributed by atoms with Gasteiger partial charge < -0.3 is 5.32 Å². The Bertz CT molecular complexity index is 731. The van der Waals surface area contributed by atoms with E-state index in [-0.39, 0.29) is 11.6 Å². The molecule has 0 saturated carbocycles. The fourth-order valence-electron chi connectivity index (χ4n) is 2.08. The highest BCUT2D eigenvalue weighted by Crippen LogP contribution is 2.13. The van der Waals surface area contributed by atoms with E-state index in [0.717, 1.165) is 5.56 Å². The van der Waals surface area contributed by atoms with Crippen LogP contribution >= 0.6 is 11.6 Å². The quantitative estimate of drug-likeness (QED) is 0.503. The number of nitrogens with one attached hydrogen (secondary N) is 1. The zero-order chi connectivity index (χ0) is 16.7. The predicted octanol–water partition coefficient (Wildman–Crippen LogP) is 2.91. The van der Waals surface area contributed by atoms with Crippen LogP contribution in [-0.2, 0) is 11.3 Å². The Hall–Kier alpha value is -2.58. The van der Waals surface area contributed by atoms with E-state index in [4.69, 9.17) is 11.6 Å². The van der Waals surface area contributed by atoms with Crippen LogP contribution in [0, 0.1) is 11.3 Å². The van der Waals surface area contributed by atoms with Crippen molar-refractivity contribution in [1.29, 1.82) is 5.26 Å². The van der Waals surface area contributed by atoms with Gasteiger partial charge in [-0.1, -0.05) is 30.3 Å². The van der Waals surface area contributed by atoms with Gasteiger partial charge in [-0.15, -0.1) is 11.6 Å². The van der Waals surface area contributed by atoms with Crippen molar-refractivity contribution in [3.63, 3.8) is 0 Å². The summed E-state index contributed by atoms with van der Waals surface area (Å²) in [6.45, 7) is 2.45. The molecule has 1 atom stereocenters. The monoisotopic (exact) mass is 328 g/mol. The fraction of sp³-hybridized carbons (Fsp3) is 0.235. The minimum atomic E-state index is -0.408. The number of rotatable bonds is 6. The first-order chi connectivity index (χ1) is 11.1. The highest BCUT2D eigenvalue weighted by atomic mass is 35.5. The van der Waals surface area contributed by atoms with Gasteiger partial charge in [-0.05, 0) is 18.6 Å². The third-order valence-corrected chi connectivity index (χ3v) is 3.46. The molecular formula is C17H17ClN4O. The second-order valence-corrected chi connectivity index (χ2v) is 5.38. The lowest BCUT2D eigenvalue weighted by atomic mass is 10.1. The summed E-state index contributed by atoms with van der Waals surface area (Å²) in [7, 11) is 0. The van der Waals surface area contributed by atoms with Crippen LogP contribution < -0.4 is 5.32 Å². The fourth-order valence-corrected chi connectivity index (χ4v) is 2.25. The van der Waals surface area contributed by atoms with Gasteiger partial charge in [0.1, 0.15) is 11.6 Å². The molecule has 0 aliphatic rings. The van der Waals surface area contributed by atoms with Crippen LogP contribution in [0.2, 0.25) is 0 Å². The zero-order valence-corrected chi connectivity index (χ0v) is 13.5. The third-order valence-electron chi connectivity index (χ3n) is 3.29. The molecule has 0 aliphatic carbocycles. The molecule has 1 N–H and O–H groups in total. The molecule has 1 amide bonds. The number of amides is 1. The van der Waals surface area contributed by atoms with Gasteiger partial charge in [-0.3, -0.25) is 9.48 Å². The van der Waals surface area contributed by atoms with Gasteiger partial charge in [0.25, 0.3) is 5.91 Å². The summed E-state index contributed by atoms with van der Waals surface area (Å²) in [6.07, 6.45) is 4.86. The minimum absolute atomic E-state index is 0.0400. The third kappa shape index (κ3) is 4.70. The van der Waals surface area contributed by atoms with E-state index in [9.17, 15) is 10.1 Å². The molecule has 1 aromatic heterocycles. The van der Waals surface area contributed by atoms with Crippen molar-refractivity contribution in [2.45, 2.75) is 19.5 Å². The summed E-state index contributed by atoms with van der Waals surface area (Å²) in [4.78, 5) is 12.2. The molecule has 1 aromatic carbocycles. The van der Waals surface area contributed by atoms with Crippen LogP contribution in [0.5, 0.6) is 0 Å². The Kier molecular flexibility index (Phi) is 5.95. The predicted molar refractivity (Wildman–Crippen MR) is 89.5 cm³/mol. The molecule has 0 spiro atoms. The molecular weight excluding hydrogens is 312 g/mol. The van der Waals surface area contributed by atoms with Gasteiger partial charge in [0, 0.05) is 17.6 Å². The number of nitrogens with zero attached hydrogens (tertiary/aromatic N) is 3. The lowest BCUT2D eigenvalue weighted by molar-refractivity contribution is -0.117. The van der Waals surface area contributed by atoms with Crippen molar-refractivity contribution in [2.75, 3.05) is 5.88 Å². The average molecular weight is 329 g/mol. The first-order valence-electron chi connectivity index (χ1n) is 7.20. The summed E-state index contributed by atoms with van der Waals surface area (Å²) in [5, 5.41) is 16.2. The standard InChI is InChI=1S/C17H17ClN4O/c1-13(15-5-3-2-4-6-15)21-17(23)16(10-19)9-14-11-20-22(12-14)8-7-18/h2-6,9,11-13H,7-8H2,1H3,(H,21,23). The maximum absolute atomic E-state index is 12.2. The van der Waals surface area contributed by atoms with Gasteiger partial charge in [0.05, 0.1) is 18.8 Å². The van der Waals surface area contributed by atoms with Crippen LogP contribution in [0.1, 0.15) is 24.1 Å². The van der Waals surface area contributed by atoms with Crippen molar-refractivity contribution in [3.8, 4) is 6.07 Å². The Labute approximate surface area is 140 Å². The van der Waals surface area contributed by atoms with E-state index < -0.39 is 5.91 Å². The minimum Gasteiger partial charge on any atom is -0.345 e. The first kappa shape index (κ1) is 16.8. The second-order valence-electron chi connectivity index (χ2n) is 5.00. The molecule has 2 aromatic rings. The molecule has 0 fully saturated rings. The topological polar surface area (TPSA) is 70.7 Å². The SMILES string of the molecule is CC(NC(=O)C(C#N)=Cc1cnn(CCCl)c1)c1ccccc1. The van der Waals surface area contributed by atoms with Crippen LogP contribution in [0.15, 0.2) is 48.3 Å². The number of halogens is 1. The van der Waals surface area contributed by atoms with Crippen molar-refractivity contribution >= 4 is 23.6 Å². The lowest BCUT2D eigenvalue weighted by Crippen LogP contribution is -2.27. The molecule has 0 bridgehead atoms. The summed E-state index contributed by atoms with van der Waals surface area (Å²) in [5.74, 6) is 0.0410. The van der Waals surface area contributed by atoms with Gasteiger partial charge in [0.15, 0.2) is 0 Å². The van der Waals surface area contributed by atoms with Crippen molar-refractivity contribution in [3.05, 3.63) is 59.4 Å². The number of carbonyl (C=O) groups excluding carboxylic acids is 1. The maximum Gasteiger partial charge on any atom is 0.262 e. The van der Waals surface area contributed by atoms with Crippen LogP contribution in [-0.4, -0.2) is 21.6 Å². The van der Waals surface area contributed by atoms with Crippen molar-refractivity contribution in [2.24, 2.45) is 0 Å². The van der Waals surface area contributed by atoms with Crippen molar-refractivity contribution in [1.82, 2.24) is 15.1 Å². The van der Waals surface area contributed by atoms with Crippen LogP contribution in [0.25, 0.3) is 6.08 Å². The highest BCUT2D eigenvalue weighted by molar-refractivity contribution is 6.17. The second kappa shape index (κ2) is 8.16. The number of carbonyl (C=O) groups is 1. The molecule has 6 heteroatoms. The molecule has 2 rings (SSSR count). The van der Waals surface area contributed by atoms with E-state index in [2.05, 4.69) is 10.4 Å². The molecule has 0 saturated heterocycles. The summed E-state index contributed by atoms with van der Waals surface area (Å²) in [5.41, 5.74) is 1.71. The number of hydrogen-bond acceptors (Lipinski definition) is 3. The Morgan fingerprint density at radius 2 is 2.22 bits per heavy atom. The normalized spacial score (nSPS) is 12.5. The summed E-state index contributed by atoms with van der Waals surface area (Å²) >= 11 is 5.65. The van der Waals surface area contributed by atoms with E-state index in [1.807, 2.05) is 43.3 Å². The maximum atomic E-state index is 12.2. The van der Waals surface area contributed by atoms with Gasteiger partial charge >= 0.3 is 0 Å². The van der Waals surface area contributed by atoms with E-state index >= 15 is 0 Å². The van der Waals surface area contributed by atoms with E-state index in [1.165, 1.54) is 6.08 Å². The van der Waals surface area contributed by atoms with Gasteiger partial charge in [0.2, 0.25) is 0 Å². The zero-order valence-electron chi connectivity index (χ0n) is 12.7.